The summed E-state index contributed by atoms with van der Waals surface area (Å²) in [5, 5.41) is 3.81. The molecule has 0 aromatic carbocycles. The van der Waals surface area contributed by atoms with Gasteiger partial charge in [0.15, 0.2) is 0 Å². The first-order valence-corrected chi connectivity index (χ1v) is 11.8. The van der Waals surface area contributed by atoms with E-state index in [0.717, 1.165) is 19.4 Å². The molecule has 1 rings (SSSR count). The maximum Gasteiger partial charge on any atom is 0.0337 e. The Kier molecular flexibility index (Phi) is 15.6. The zero-order valence-electron chi connectivity index (χ0n) is 20.9. The largest absolute Gasteiger partial charge is 0.306 e. The van der Waals surface area contributed by atoms with Gasteiger partial charge in [-0.2, -0.15) is 0 Å². The minimum Gasteiger partial charge on any atom is -0.306 e. The maximum atomic E-state index is 4.28. The number of aliphatic imine (C=N–C) groups is 1. The molecule has 0 heterocycles. The van der Waals surface area contributed by atoms with Crippen molar-refractivity contribution in [1.82, 2.24) is 5.32 Å². The third kappa shape index (κ3) is 10.3. The molecular weight excluding hydrogens is 352 g/mol. The van der Waals surface area contributed by atoms with Crippen LogP contribution >= 0.6 is 0 Å². The molecule has 0 spiro atoms. The zero-order chi connectivity index (χ0) is 22.2. The molecule has 166 valence electrons. The second-order valence-corrected chi connectivity index (χ2v) is 8.13. The third-order valence-electron chi connectivity index (χ3n) is 5.60. The lowest BCUT2D eigenvalue weighted by Gasteiger charge is -2.22. The molecular formula is C27H48N2. The minimum absolute atomic E-state index is 0.372. The Morgan fingerprint density at radius 2 is 1.83 bits per heavy atom. The molecule has 29 heavy (non-hydrogen) atoms. The number of rotatable bonds is 11. The molecule has 0 saturated heterocycles. The molecule has 1 aliphatic carbocycles. The molecule has 2 atom stereocenters. The molecule has 1 aliphatic rings. The predicted molar refractivity (Wildman–Crippen MR) is 134 cm³/mol. The Morgan fingerprint density at radius 1 is 1.14 bits per heavy atom. The first kappa shape index (κ1) is 27.6. The van der Waals surface area contributed by atoms with Crippen LogP contribution in [0.5, 0.6) is 0 Å². The molecule has 0 aliphatic heterocycles. The fraction of sp³-hybridized carbons (Fsp3) is 0.667. The average Bonchev–Trinajstić information content (AvgIpc) is 2.90. The highest BCUT2D eigenvalue weighted by Crippen LogP contribution is 2.26. The molecule has 0 saturated carbocycles. The van der Waals surface area contributed by atoms with Crippen LogP contribution in [0.4, 0.5) is 0 Å². The molecule has 2 nitrogen and oxygen atoms in total. The minimum atomic E-state index is 0.372. The van der Waals surface area contributed by atoms with Gasteiger partial charge in [0.05, 0.1) is 0 Å². The molecule has 0 fully saturated rings. The number of nitrogens with one attached hydrogen (secondary N) is 1. The third-order valence-corrected chi connectivity index (χ3v) is 5.60. The SMILES string of the molecule is CC.CCCC[C@H](C)C1=CC=C(C)C(CNC(CCC)C(C=NC)=C(C)C)=CC1. The van der Waals surface area contributed by atoms with Crippen LogP contribution in [0.1, 0.15) is 93.9 Å². The van der Waals surface area contributed by atoms with Gasteiger partial charge >= 0.3 is 0 Å². The van der Waals surface area contributed by atoms with E-state index in [1.165, 1.54) is 48.0 Å². The maximum absolute atomic E-state index is 4.28. The fourth-order valence-corrected chi connectivity index (χ4v) is 3.68. The van der Waals surface area contributed by atoms with Crippen LogP contribution in [0.25, 0.3) is 0 Å². The summed E-state index contributed by atoms with van der Waals surface area (Å²) < 4.78 is 0. The number of hydrogen-bond acceptors (Lipinski definition) is 2. The van der Waals surface area contributed by atoms with Crippen LogP contribution in [0.3, 0.4) is 0 Å². The summed E-state index contributed by atoms with van der Waals surface area (Å²) in [7, 11) is 1.86. The highest BCUT2D eigenvalue weighted by atomic mass is 14.9. The van der Waals surface area contributed by atoms with Gasteiger partial charge in [0, 0.05) is 25.8 Å². The van der Waals surface area contributed by atoms with E-state index in [4.69, 9.17) is 0 Å². The van der Waals surface area contributed by atoms with Crippen molar-refractivity contribution in [2.45, 2.75) is 100.0 Å². The second-order valence-electron chi connectivity index (χ2n) is 8.13. The van der Waals surface area contributed by atoms with E-state index in [2.05, 4.69) is 70.1 Å². The first-order valence-electron chi connectivity index (χ1n) is 11.8. The van der Waals surface area contributed by atoms with E-state index in [-0.39, 0.29) is 0 Å². The summed E-state index contributed by atoms with van der Waals surface area (Å²) in [5.41, 5.74) is 7.08. The molecule has 0 bridgehead atoms. The van der Waals surface area contributed by atoms with E-state index >= 15 is 0 Å². The van der Waals surface area contributed by atoms with Crippen molar-refractivity contribution in [3.8, 4) is 0 Å². The summed E-state index contributed by atoms with van der Waals surface area (Å²) in [4.78, 5) is 4.28. The van der Waals surface area contributed by atoms with Gasteiger partial charge in [-0.3, -0.25) is 4.99 Å². The normalized spacial score (nSPS) is 16.1. The van der Waals surface area contributed by atoms with Gasteiger partial charge in [-0.05, 0) is 62.7 Å². The van der Waals surface area contributed by atoms with E-state index < -0.39 is 0 Å². The number of nitrogens with zero attached hydrogens (tertiary/aromatic N) is 1. The smallest absolute Gasteiger partial charge is 0.0337 e. The van der Waals surface area contributed by atoms with Gasteiger partial charge in [-0.1, -0.05) is 83.3 Å². The molecule has 0 radical (unpaired) electrons. The van der Waals surface area contributed by atoms with Crippen molar-refractivity contribution < 1.29 is 0 Å². The van der Waals surface area contributed by atoms with E-state index in [0.29, 0.717) is 12.0 Å². The lowest BCUT2D eigenvalue weighted by Crippen LogP contribution is -2.33. The van der Waals surface area contributed by atoms with Gasteiger partial charge in [0.2, 0.25) is 0 Å². The zero-order valence-corrected chi connectivity index (χ0v) is 20.9. The Balaban J connectivity index is 0.00000379. The average molecular weight is 401 g/mol. The Hall–Kier alpha value is -1.41. The number of unbranched alkanes of at least 4 members (excludes halogenated alkanes) is 1. The molecule has 1 unspecified atom stereocenters. The van der Waals surface area contributed by atoms with E-state index in [1.54, 1.807) is 5.57 Å². The van der Waals surface area contributed by atoms with Crippen LogP contribution in [0, 0.1) is 5.92 Å². The quantitative estimate of drug-likeness (QED) is 0.351. The fourth-order valence-electron chi connectivity index (χ4n) is 3.68. The molecule has 1 N–H and O–H groups in total. The summed E-state index contributed by atoms with van der Waals surface area (Å²) >= 11 is 0. The molecule has 0 aromatic rings. The number of allylic oxidation sites excluding steroid dienone is 5. The predicted octanol–water partition coefficient (Wildman–Crippen LogP) is 7.84. The Labute approximate surface area is 182 Å². The van der Waals surface area contributed by atoms with Gasteiger partial charge < -0.3 is 5.32 Å². The van der Waals surface area contributed by atoms with Crippen LogP contribution in [-0.2, 0) is 0 Å². The summed E-state index contributed by atoms with van der Waals surface area (Å²) in [6.07, 6.45) is 16.5. The van der Waals surface area contributed by atoms with Crippen molar-refractivity contribution in [2.75, 3.05) is 13.6 Å². The Morgan fingerprint density at radius 3 is 2.38 bits per heavy atom. The van der Waals surface area contributed by atoms with Crippen molar-refractivity contribution in [2.24, 2.45) is 10.9 Å². The summed E-state index contributed by atoms with van der Waals surface area (Å²) in [6, 6.07) is 0.372. The topological polar surface area (TPSA) is 24.4 Å². The van der Waals surface area contributed by atoms with Gasteiger partial charge in [-0.25, -0.2) is 0 Å². The van der Waals surface area contributed by atoms with Gasteiger partial charge in [0.1, 0.15) is 0 Å². The van der Waals surface area contributed by atoms with Crippen LogP contribution in [-0.4, -0.2) is 25.8 Å². The lowest BCUT2D eigenvalue weighted by atomic mass is 9.92. The van der Waals surface area contributed by atoms with Crippen molar-refractivity contribution in [3.63, 3.8) is 0 Å². The van der Waals surface area contributed by atoms with Crippen LogP contribution in [0.15, 0.2) is 51.1 Å². The van der Waals surface area contributed by atoms with Crippen molar-refractivity contribution in [3.05, 3.63) is 46.1 Å². The number of hydrogen-bond donors (Lipinski definition) is 1. The highest BCUT2D eigenvalue weighted by molar-refractivity contribution is 5.81. The first-order chi connectivity index (χ1) is 13.9. The molecule has 0 aromatic heterocycles. The lowest BCUT2D eigenvalue weighted by molar-refractivity contribution is 0.558. The summed E-state index contributed by atoms with van der Waals surface area (Å²) in [6.45, 7) is 18.4. The van der Waals surface area contributed by atoms with Gasteiger partial charge in [0.25, 0.3) is 0 Å². The highest BCUT2D eigenvalue weighted by Gasteiger charge is 2.15. The van der Waals surface area contributed by atoms with E-state index in [1.807, 2.05) is 27.1 Å². The monoisotopic (exact) mass is 400 g/mol. The van der Waals surface area contributed by atoms with Crippen molar-refractivity contribution in [1.29, 1.82) is 0 Å². The van der Waals surface area contributed by atoms with Crippen molar-refractivity contribution >= 4 is 6.21 Å². The standard InChI is InChI=1S/C25H42N2.C2H6/c1-8-10-12-20(5)22-14-13-21(6)23(16-15-22)17-27-25(11-9-2)24(18-26-7)19(3)4;1-2/h13-14,16,18,20,25,27H,8-12,15,17H2,1-7H3;1-2H3/t20-,25?;/m0./s1. The van der Waals surface area contributed by atoms with E-state index in [9.17, 15) is 0 Å². The molecule has 2 heteroatoms. The van der Waals surface area contributed by atoms with Crippen LogP contribution in [0.2, 0.25) is 0 Å². The molecule has 0 amide bonds. The Bertz CT molecular complexity index is 598. The van der Waals surface area contributed by atoms with Crippen LogP contribution < -0.4 is 5.32 Å². The second kappa shape index (κ2) is 16.4. The summed E-state index contributed by atoms with van der Waals surface area (Å²) in [5.74, 6) is 0.684. The van der Waals surface area contributed by atoms with Gasteiger partial charge in [-0.15, -0.1) is 0 Å².